The molecule has 1 aromatic carbocycles. The van der Waals surface area contributed by atoms with Crippen LogP contribution in [0.25, 0.3) is 0 Å². The Balaban J connectivity index is 3.12. The molecule has 0 saturated carbocycles. The maximum Gasteiger partial charge on any atom is 0.339 e. The zero-order valence-electron chi connectivity index (χ0n) is 8.23. The quantitative estimate of drug-likeness (QED) is 0.787. The lowest BCUT2D eigenvalue weighted by atomic mass is 10.2. The van der Waals surface area contributed by atoms with Gasteiger partial charge in [-0.2, -0.15) is 8.42 Å². The number of halogens is 1. The molecule has 0 aromatic heterocycles. The molecule has 1 rings (SSSR count). The number of carbonyl (C=O) groups excluding carboxylic acids is 1. The van der Waals surface area contributed by atoms with Crippen molar-refractivity contribution in [2.45, 2.75) is 0 Å². The molecule has 1 aromatic rings. The van der Waals surface area contributed by atoms with Crippen molar-refractivity contribution < 1.29 is 17.9 Å². The van der Waals surface area contributed by atoms with Crippen molar-refractivity contribution in [3.8, 4) is 0 Å². The van der Waals surface area contributed by atoms with E-state index in [2.05, 4.69) is 4.74 Å². The van der Waals surface area contributed by atoms with Gasteiger partial charge in [0.15, 0.2) is 0 Å². The van der Waals surface area contributed by atoms with E-state index in [-0.39, 0.29) is 16.3 Å². The molecule has 0 fully saturated rings. The highest BCUT2D eigenvalue weighted by atomic mass is 35.5. The smallest absolute Gasteiger partial charge is 0.339 e. The van der Waals surface area contributed by atoms with Crippen molar-refractivity contribution in [1.29, 1.82) is 0 Å². The third kappa shape index (κ3) is 3.37. The Morgan fingerprint density at radius 2 is 2.12 bits per heavy atom. The predicted molar refractivity (Wildman–Crippen MR) is 59.5 cm³/mol. The summed E-state index contributed by atoms with van der Waals surface area (Å²) in [6.07, 6.45) is 0. The molecule has 0 aliphatic carbocycles. The Hall–Kier alpha value is -1.31. The molecule has 88 valence electrons. The molecule has 0 radical (unpaired) electrons. The normalized spacial score (nSPS) is 10.9. The molecule has 0 aliphatic heterocycles. The number of anilines is 1. The zero-order valence-corrected chi connectivity index (χ0v) is 9.80. The summed E-state index contributed by atoms with van der Waals surface area (Å²) in [6.45, 7) is 0. The maximum atomic E-state index is 11.2. The lowest BCUT2D eigenvalue weighted by molar-refractivity contribution is 0.0601. The van der Waals surface area contributed by atoms with Crippen LogP contribution in [0.4, 0.5) is 5.69 Å². The fourth-order valence-corrected chi connectivity index (χ4v) is 1.67. The second kappa shape index (κ2) is 4.69. The van der Waals surface area contributed by atoms with Crippen molar-refractivity contribution in [2.75, 3.05) is 11.8 Å². The largest absolute Gasteiger partial charge is 0.465 e. The van der Waals surface area contributed by atoms with Crippen LogP contribution >= 0.6 is 11.6 Å². The van der Waals surface area contributed by atoms with Gasteiger partial charge >= 0.3 is 5.97 Å². The Morgan fingerprint density at radius 3 is 2.62 bits per heavy atom. The standard InChI is InChI=1S/C8H9ClN2O4S/c1-15-8(12)6-4-5(2-3-7(6)9)11-16(10,13)14/h2-4,11H,1H3,(H2,10,13,14). The molecule has 0 atom stereocenters. The van der Waals surface area contributed by atoms with Crippen molar-refractivity contribution >= 4 is 33.5 Å². The van der Waals surface area contributed by atoms with Gasteiger partial charge in [-0.15, -0.1) is 0 Å². The van der Waals surface area contributed by atoms with Crippen molar-refractivity contribution in [3.63, 3.8) is 0 Å². The molecule has 6 nitrogen and oxygen atoms in total. The molecule has 0 heterocycles. The van der Waals surface area contributed by atoms with Crippen LogP contribution in [0.2, 0.25) is 5.02 Å². The second-order valence-corrected chi connectivity index (χ2v) is 4.53. The number of methoxy groups -OCH3 is 1. The third-order valence-corrected chi connectivity index (χ3v) is 2.48. The fraction of sp³-hybridized carbons (Fsp3) is 0.125. The van der Waals surface area contributed by atoms with E-state index in [1.165, 1.54) is 25.3 Å². The molecule has 0 aliphatic rings. The molecule has 0 spiro atoms. The number of hydrogen-bond acceptors (Lipinski definition) is 4. The number of carbonyl (C=O) groups is 1. The summed E-state index contributed by atoms with van der Waals surface area (Å²) < 4.78 is 28.0. The van der Waals surface area contributed by atoms with Crippen LogP contribution in [-0.2, 0) is 14.9 Å². The van der Waals surface area contributed by atoms with E-state index in [9.17, 15) is 13.2 Å². The Labute approximate surface area is 97.5 Å². The minimum atomic E-state index is -3.88. The number of nitrogens with two attached hydrogens (primary N) is 1. The van der Waals surface area contributed by atoms with Crippen LogP contribution in [0.3, 0.4) is 0 Å². The van der Waals surface area contributed by atoms with Gasteiger partial charge in [-0.25, -0.2) is 9.93 Å². The van der Waals surface area contributed by atoms with Crippen molar-refractivity contribution in [1.82, 2.24) is 0 Å². The first kappa shape index (κ1) is 12.8. The van der Waals surface area contributed by atoms with Crippen LogP contribution in [0, 0.1) is 0 Å². The predicted octanol–water partition coefficient (Wildman–Crippen LogP) is 0.742. The van der Waals surface area contributed by atoms with Gasteiger partial charge < -0.3 is 4.74 Å². The zero-order chi connectivity index (χ0) is 12.3. The van der Waals surface area contributed by atoms with Gasteiger partial charge in [0.2, 0.25) is 0 Å². The minimum absolute atomic E-state index is 0.0535. The molecular formula is C8H9ClN2O4S. The van der Waals surface area contributed by atoms with E-state index in [0.29, 0.717) is 0 Å². The number of nitrogens with one attached hydrogen (secondary N) is 1. The molecule has 0 bridgehead atoms. The summed E-state index contributed by atoms with van der Waals surface area (Å²) in [5.74, 6) is -0.664. The van der Waals surface area contributed by atoms with E-state index in [4.69, 9.17) is 16.7 Å². The van der Waals surface area contributed by atoms with Crippen LogP contribution < -0.4 is 9.86 Å². The maximum absolute atomic E-state index is 11.2. The summed E-state index contributed by atoms with van der Waals surface area (Å²) in [4.78, 5) is 11.2. The molecule has 0 unspecified atom stereocenters. The van der Waals surface area contributed by atoms with Crippen molar-refractivity contribution in [3.05, 3.63) is 28.8 Å². The number of hydrogen-bond donors (Lipinski definition) is 2. The summed E-state index contributed by atoms with van der Waals surface area (Å²) in [5.41, 5.74) is 0.185. The Kier molecular flexibility index (Phi) is 3.74. The molecular weight excluding hydrogens is 256 g/mol. The summed E-state index contributed by atoms with van der Waals surface area (Å²) in [6, 6.07) is 3.97. The highest BCUT2D eigenvalue weighted by molar-refractivity contribution is 7.90. The van der Waals surface area contributed by atoms with Gasteiger partial charge in [-0.3, -0.25) is 4.72 Å². The average molecular weight is 265 g/mol. The molecule has 8 heteroatoms. The Bertz CT molecular complexity index is 515. The van der Waals surface area contributed by atoms with Gasteiger partial charge in [0.25, 0.3) is 10.2 Å². The second-order valence-electron chi connectivity index (χ2n) is 2.83. The summed E-state index contributed by atoms with van der Waals surface area (Å²) in [7, 11) is -2.69. The first-order valence-electron chi connectivity index (χ1n) is 4.02. The van der Waals surface area contributed by atoms with E-state index < -0.39 is 16.2 Å². The van der Waals surface area contributed by atoms with Crippen LogP contribution in [0.5, 0.6) is 0 Å². The summed E-state index contributed by atoms with van der Waals surface area (Å²) in [5, 5.41) is 4.94. The first-order valence-corrected chi connectivity index (χ1v) is 5.94. The molecule has 3 N–H and O–H groups in total. The number of benzene rings is 1. The van der Waals surface area contributed by atoms with Gasteiger partial charge in [0.1, 0.15) is 0 Å². The van der Waals surface area contributed by atoms with Gasteiger partial charge in [0.05, 0.1) is 23.4 Å². The molecule has 16 heavy (non-hydrogen) atoms. The number of ether oxygens (including phenoxy) is 1. The number of rotatable bonds is 3. The molecule has 0 amide bonds. The highest BCUT2D eigenvalue weighted by Gasteiger charge is 2.12. The van der Waals surface area contributed by atoms with E-state index >= 15 is 0 Å². The fourth-order valence-electron chi connectivity index (χ4n) is 1.02. The Morgan fingerprint density at radius 1 is 1.50 bits per heavy atom. The monoisotopic (exact) mass is 264 g/mol. The van der Waals surface area contributed by atoms with Crippen LogP contribution in [-0.4, -0.2) is 21.5 Å². The SMILES string of the molecule is COC(=O)c1cc(NS(N)(=O)=O)ccc1Cl. The lowest BCUT2D eigenvalue weighted by Gasteiger charge is -2.06. The average Bonchev–Trinajstić information content (AvgIpc) is 2.18. The van der Waals surface area contributed by atoms with E-state index in [0.717, 1.165) is 0 Å². The van der Waals surface area contributed by atoms with Gasteiger partial charge in [-0.1, -0.05) is 11.6 Å². The number of esters is 1. The van der Waals surface area contributed by atoms with Gasteiger partial charge in [-0.05, 0) is 18.2 Å². The molecule has 0 saturated heterocycles. The van der Waals surface area contributed by atoms with Crippen LogP contribution in [0.15, 0.2) is 18.2 Å². The highest BCUT2D eigenvalue weighted by Crippen LogP contribution is 2.21. The van der Waals surface area contributed by atoms with Crippen molar-refractivity contribution in [2.24, 2.45) is 5.14 Å². The third-order valence-electron chi connectivity index (χ3n) is 1.63. The topological polar surface area (TPSA) is 98.5 Å². The first-order chi connectivity index (χ1) is 7.33. The van der Waals surface area contributed by atoms with Crippen LogP contribution in [0.1, 0.15) is 10.4 Å². The summed E-state index contributed by atoms with van der Waals surface area (Å²) >= 11 is 5.73. The van der Waals surface area contributed by atoms with E-state index in [1.54, 1.807) is 0 Å². The van der Waals surface area contributed by atoms with E-state index in [1.807, 2.05) is 4.72 Å². The minimum Gasteiger partial charge on any atom is -0.465 e. The van der Waals surface area contributed by atoms with Gasteiger partial charge in [0, 0.05) is 0 Å². The lowest BCUT2D eigenvalue weighted by Crippen LogP contribution is -2.21.